The van der Waals surface area contributed by atoms with Crippen molar-refractivity contribution in [3.63, 3.8) is 0 Å². The fourth-order valence-electron chi connectivity index (χ4n) is 3.50. The Morgan fingerprint density at radius 2 is 1.81 bits per heavy atom. The molecule has 1 atom stereocenters. The molecule has 1 aliphatic heterocycles. The lowest BCUT2D eigenvalue weighted by Crippen LogP contribution is -3.19. The van der Waals surface area contributed by atoms with E-state index in [1.54, 1.807) is 18.2 Å². The molecule has 0 bridgehead atoms. The predicted molar refractivity (Wildman–Crippen MR) is 103 cm³/mol. The van der Waals surface area contributed by atoms with Crippen molar-refractivity contribution < 1.29 is 9.69 Å². The van der Waals surface area contributed by atoms with Crippen molar-refractivity contribution in [3.05, 3.63) is 59.7 Å². The second-order valence-corrected chi connectivity index (χ2v) is 6.80. The Morgan fingerprint density at radius 3 is 2.50 bits per heavy atom. The van der Waals surface area contributed by atoms with Gasteiger partial charge in [-0.1, -0.05) is 30.3 Å². The van der Waals surface area contributed by atoms with E-state index >= 15 is 0 Å². The van der Waals surface area contributed by atoms with E-state index < -0.39 is 0 Å². The number of benzene rings is 2. The molecular formula is C21H25N4O+. The highest BCUT2D eigenvalue weighted by atomic mass is 16.2. The molecular weight excluding hydrogens is 324 g/mol. The smallest absolute Gasteiger partial charge is 0.282 e. The summed E-state index contributed by atoms with van der Waals surface area (Å²) in [6, 6.07) is 17.5. The Labute approximate surface area is 154 Å². The van der Waals surface area contributed by atoms with Crippen LogP contribution >= 0.6 is 0 Å². The normalized spacial score (nSPS) is 16.0. The van der Waals surface area contributed by atoms with Gasteiger partial charge < -0.3 is 15.1 Å². The van der Waals surface area contributed by atoms with Crippen molar-refractivity contribution in [1.29, 1.82) is 5.26 Å². The summed E-state index contributed by atoms with van der Waals surface area (Å²) in [5.41, 5.74) is 3.65. The first-order valence-corrected chi connectivity index (χ1v) is 9.05. The lowest BCUT2D eigenvalue weighted by Gasteiger charge is -2.36. The SMILES string of the molecule is Cc1ccccc1N1CC[NH+]([C@H](C)C(=O)Nc2ccccc2C#N)CC1. The van der Waals surface area contributed by atoms with Crippen LogP contribution in [0.1, 0.15) is 18.1 Å². The van der Waals surface area contributed by atoms with Crippen molar-refractivity contribution in [2.24, 2.45) is 0 Å². The minimum atomic E-state index is -0.152. The van der Waals surface area contributed by atoms with Crippen LogP contribution < -0.4 is 15.1 Å². The highest BCUT2D eigenvalue weighted by Gasteiger charge is 2.29. The Bertz CT molecular complexity index is 819. The van der Waals surface area contributed by atoms with Gasteiger partial charge in [0.25, 0.3) is 5.91 Å². The molecule has 2 N–H and O–H groups in total. The number of rotatable bonds is 4. The number of hydrogen-bond acceptors (Lipinski definition) is 3. The van der Waals surface area contributed by atoms with Crippen LogP contribution in [0, 0.1) is 18.3 Å². The second kappa shape index (κ2) is 8.03. The molecule has 1 fully saturated rings. The molecule has 3 rings (SSSR count). The zero-order chi connectivity index (χ0) is 18.5. The molecule has 5 heteroatoms. The van der Waals surface area contributed by atoms with Gasteiger partial charge in [0.1, 0.15) is 6.07 Å². The van der Waals surface area contributed by atoms with E-state index in [2.05, 4.69) is 47.5 Å². The molecule has 2 aromatic carbocycles. The first kappa shape index (κ1) is 18.0. The zero-order valence-corrected chi connectivity index (χ0v) is 15.3. The van der Waals surface area contributed by atoms with E-state index in [4.69, 9.17) is 5.26 Å². The third kappa shape index (κ3) is 3.87. The van der Waals surface area contributed by atoms with Crippen LogP contribution in [-0.4, -0.2) is 38.1 Å². The number of para-hydroxylation sites is 2. The molecule has 0 unspecified atom stereocenters. The number of anilines is 2. The summed E-state index contributed by atoms with van der Waals surface area (Å²) in [7, 11) is 0. The Morgan fingerprint density at radius 1 is 1.15 bits per heavy atom. The zero-order valence-electron chi connectivity index (χ0n) is 15.3. The van der Waals surface area contributed by atoms with Crippen molar-refractivity contribution >= 4 is 17.3 Å². The van der Waals surface area contributed by atoms with Crippen LogP contribution in [0.15, 0.2) is 48.5 Å². The second-order valence-electron chi connectivity index (χ2n) is 6.80. The fourth-order valence-corrected chi connectivity index (χ4v) is 3.50. The Hall–Kier alpha value is -2.84. The van der Waals surface area contributed by atoms with Gasteiger partial charge in [-0.05, 0) is 37.6 Å². The molecule has 0 aromatic heterocycles. The van der Waals surface area contributed by atoms with Crippen LogP contribution in [0.5, 0.6) is 0 Å². The van der Waals surface area contributed by atoms with Gasteiger partial charge >= 0.3 is 0 Å². The molecule has 0 radical (unpaired) electrons. The van der Waals surface area contributed by atoms with E-state index in [0.29, 0.717) is 11.3 Å². The predicted octanol–water partition coefficient (Wildman–Crippen LogP) is 1.60. The highest BCUT2D eigenvalue weighted by molar-refractivity contribution is 5.94. The number of quaternary nitrogens is 1. The Kier molecular flexibility index (Phi) is 5.55. The monoisotopic (exact) mass is 349 g/mol. The number of piperazine rings is 1. The number of nitriles is 1. The van der Waals surface area contributed by atoms with Crippen LogP contribution in [0.4, 0.5) is 11.4 Å². The van der Waals surface area contributed by atoms with Crippen molar-refractivity contribution in [2.45, 2.75) is 19.9 Å². The maximum absolute atomic E-state index is 12.6. The number of hydrogen-bond donors (Lipinski definition) is 2. The van der Waals surface area contributed by atoms with E-state index in [9.17, 15) is 4.79 Å². The molecule has 1 heterocycles. The first-order chi connectivity index (χ1) is 12.6. The van der Waals surface area contributed by atoms with Crippen molar-refractivity contribution in [3.8, 4) is 6.07 Å². The van der Waals surface area contributed by atoms with Gasteiger partial charge in [0, 0.05) is 5.69 Å². The third-order valence-electron chi connectivity index (χ3n) is 5.17. The van der Waals surface area contributed by atoms with E-state index in [1.807, 2.05) is 13.0 Å². The van der Waals surface area contributed by atoms with Gasteiger partial charge in [-0.15, -0.1) is 0 Å². The van der Waals surface area contributed by atoms with Gasteiger partial charge in [-0.2, -0.15) is 5.26 Å². The van der Waals surface area contributed by atoms with Crippen LogP contribution in [0.25, 0.3) is 0 Å². The molecule has 1 amide bonds. The summed E-state index contributed by atoms with van der Waals surface area (Å²) >= 11 is 0. The number of amides is 1. The molecule has 5 nitrogen and oxygen atoms in total. The van der Waals surface area contributed by atoms with Gasteiger partial charge in [-0.25, -0.2) is 0 Å². The van der Waals surface area contributed by atoms with E-state index in [0.717, 1.165) is 26.2 Å². The van der Waals surface area contributed by atoms with E-state index in [1.165, 1.54) is 16.2 Å². The number of carbonyl (C=O) groups excluding carboxylic acids is 1. The number of aryl methyl sites for hydroxylation is 1. The highest BCUT2D eigenvalue weighted by Crippen LogP contribution is 2.19. The average Bonchev–Trinajstić information content (AvgIpc) is 2.68. The van der Waals surface area contributed by atoms with Gasteiger partial charge in [0.05, 0.1) is 37.4 Å². The fraction of sp³-hybridized carbons (Fsp3) is 0.333. The molecule has 134 valence electrons. The van der Waals surface area contributed by atoms with Gasteiger partial charge in [-0.3, -0.25) is 4.79 Å². The number of carbonyl (C=O) groups is 1. The van der Waals surface area contributed by atoms with Gasteiger partial charge in [0.2, 0.25) is 0 Å². The summed E-state index contributed by atoms with van der Waals surface area (Å²) < 4.78 is 0. The molecule has 2 aromatic rings. The van der Waals surface area contributed by atoms with Crippen LogP contribution in [0.2, 0.25) is 0 Å². The maximum atomic E-state index is 12.6. The summed E-state index contributed by atoms with van der Waals surface area (Å²) in [5.74, 6) is -0.0351. The lowest BCUT2D eigenvalue weighted by molar-refractivity contribution is -0.914. The minimum absolute atomic E-state index is 0.0351. The summed E-state index contributed by atoms with van der Waals surface area (Å²) in [6.45, 7) is 7.81. The number of nitrogens with one attached hydrogen (secondary N) is 2. The first-order valence-electron chi connectivity index (χ1n) is 9.05. The largest absolute Gasteiger partial charge is 0.360 e. The summed E-state index contributed by atoms with van der Waals surface area (Å²) in [6.07, 6.45) is 0. The van der Waals surface area contributed by atoms with Crippen molar-refractivity contribution in [2.75, 3.05) is 36.4 Å². The average molecular weight is 349 g/mol. The molecule has 0 spiro atoms. The van der Waals surface area contributed by atoms with Crippen LogP contribution in [-0.2, 0) is 4.79 Å². The number of nitrogens with zero attached hydrogens (tertiary/aromatic N) is 2. The lowest BCUT2D eigenvalue weighted by atomic mass is 10.1. The Balaban J connectivity index is 1.60. The van der Waals surface area contributed by atoms with Crippen molar-refractivity contribution in [1.82, 2.24) is 0 Å². The molecule has 0 aliphatic carbocycles. The quantitative estimate of drug-likeness (QED) is 0.881. The molecule has 1 saturated heterocycles. The summed E-state index contributed by atoms with van der Waals surface area (Å²) in [4.78, 5) is 16.3. The topological polar surface area (TPSA) is 60.6 Å². The molecule has 1 aliphatic rings. The van der Waals surface area contributed by atoms with Crippen LogP contribution in [0.3, 0.4) is 0 Å². The van der Waals surface area contributed by atoms with E-state index in [-0.39, 0.29) is 11.9 Å². The third-order valence-corrected chi connectivity index (χ3v) is 5.17. The van der Waals surface area contributed by atoms with Gasteiger partial charge in [0.15, 0.2) is 6.04 Å². The maximum Gasteiger partial charge on any atom is 0.282 e. The molecule has 26 heavy (non-hydrogen) atoms. The standard InChI is InChI=1S/C21H24N4O/c1-16-7-3-6-10-20(16)25-13-11-24(12-14-25)17(2)21(26)23-19-9-5-4-8-18(19)15-22/h3-10,17H,11-14H2,1-2H3,(H,23,26)/p+1/t17-/m1/s1. The minimum Gasteiger partial charge on any atom is -0.360 e. The summed E-state index contributed by atoms with van der Waals surface area (Å²) in [5, 5.41) is 12.1. The molecule has 0 saturated carbocycles.